The molecule has 1 atom stereocenters. The molecule has 5 nitrogen and oxygen atoms in total. The van der Waals surface area contributed by atoms with E-state index in [-0.39, 0.29) is 12.3 Å². The first-order valence-corrected chi connectivity index (χ1v) is 7.37. The van der Waals surface area contributed by atoms with Gasteiger partial charge in [-0.15, -0.1) is 11.3 Å². The smallest absolute Gasteiger partial charge is 0.235 e. The second-order valence-electron chi connectivity index (χ2n) is 4.71. The van der Waals surface area contributed by atoms with Gasteiger partial charge in [-0.25, -0.2) is 0 Å². The zero-order valence-electron chi connectivity index (χ0n) is 10.8. The maximum Gasteiger partial charge on any atom is 0.235 e. The standard InChI is InChI=1S/C13H19N3O2S/c14-13(18)11(15-9-10-4-3-7-19-10)8-12(17)16-5-1-2-6-16/h3-4,7,11,15H,1-2,5-6,8-9H2,(H2,14,18). The summed E-state index contributed by atoms with van der Waals surface area (Å²) in [7, 11) is 0. The zero-order valence-corrected chi connectivity index (χ0v) is 11.6. The van der Waals surface area contributed by atoms with Gasteiger partial charge in [0, 0.05) is 24.5 Å². The summed E-state index contributed by atoms with van der Waals surface area (Å²) in [4.78, 5) is 26.3. The van der Waals surface area contributed by atoms with Crippen LogP contribution in [0, 0.1) is 0 Å². The summed E-state index contributed by atoms with van der Waals surface area (Å²) in [5.74, 6) is -0.455. The van der Waals surface area contributed by atoms with Gasteiger partial charge in [0.25, 0.3) is 0 Å². The molecule has 0 radical (unpaired) electrons. The Bertz CT molecular complexity index is 427. The normalized spacial score (nSPS) is 16.5. The highest BCUT2D eigenvalue weighted by atomic mass is 32.1. The van der Waals surface area contributed by atoms with Crippen molar-refractivity contribution >= 4 is 23.2 Å². The quantitative estimate of drug-likeness (QED) is 0.806. The first-order chi connectivity index (χ1) is 9.16. The van der Waals surface area contributed by atoms with Crippen LogP contribution >= 0.6 is 11.3 Å². The minimum Gasteiger partial charge on any atom is -0.368 e. The van der Waals surface area contributed by atoms with Gasteiger partial charge in [0.2, 0.25) is 11.8 Å². The molecule has 1 aliphatic rings. The average Bonchev–Trinajstić information content (AvgIpc) is 3.05. The molecule has 0 aliphatic carbocycles. The Morgan fingerprint density at radius 3 is 2.74 bits per heavy atom. The van der Waals surface area contributed by atoms with E-state index in [4.69, 9.17) is 5.73 Å². The molecule has 0 bridgehead atoms. The second kappa shape index (κ2) is 6.68. The third-order valence-corrected chi connectivity index (χ3v) is 4.16. The summed E-state index contributed by atoms with van der Waals surface area (Å²) >= 11 is 1.61. The molecule has 1 aromatic heterocycles. The number of primary amides is 1. The van der Waals surface area contributed by atoms with Crippen LogP contribution in [-0.2, 0) is 16.1 Å². The van der Waals surface area contributed by atoms with Crippen LogP contribution in [0.4, 0.5) is 0 Å². The number of carbonyl (C=O) groups excluding carboxylic acids is 2. The number of thiophene rings is 1. The van der Waals surface area contributed by atoms with Crippen molar-refractivity contribution in [3.63, 3.8) is 0 Å². The second-order valence-corrected chi connectivity index (χ2v) is 5.74. The Morgan fingerprint density at radius 1 is 1.42 bits per heavy atom. The van der Waals surface area contributed by atoms with Gasteiger partial charge in [0.1, 0.15) is 0 Å². The Balaban J connectivity index is 1.85. The summed E-state index contributed by atoms with van der Waals surface area (Å²) in [5.41, 5.74) is 5.35. The number of nitrogens with one attached hydrogen (secondary N) is 1. The third-order valence-electron chi connectivity index (χ3n) is 3.28. The largest absolute Gasteiger partial charge is 0.368 e. The van der Waals surface area contributed by atoms with Crippen LogP contribution in [0.25, 0.3) is 0 Å². The first kappa shape index (κ1) is 14.0. The van der Waals surface area contributed by atoms with Crippen LogP contribution in [0.3, 0.4) is 0 Å². The van der Waals surface area contributed by atoms with E-state index in [0.29, 0.717) is 6.54 Å². The molecule has 0 spiro atoms. The van der Waals surface area contributed by atoms with Crippen LogP contribution in [0.15, 0.2) is 17.5 Å². The van der Waals surface area contributed by atoms with Gasteiger partial charge in [0.05, 0.1) is 12.5 Å². The van der Waals surface area contributed by atoms with Crippen LogP contribution in [-0.4, -0.2) is 35.8 Å². The molecule has 6 heteroatoms. The zero-order chi connectivity index (χ0) is 13.7. The van der Waals surface area contributed by atoms with Gasteiger partial charge in [-0.05, 0) is 24.3 Å². The topological polar surface area (TPSA) is 75.4 Å². The number of carbonyl (C=O) groups is 2. The summed E-state index contributed by atoms with van der Waals surface area (Å²) < 4.78 is 0. The molecule has 2 heterocycles. The molecule has 1 aliphatic heterocycles. The molecule has 2 rings (SSSR count). The molecular formula is C13H19N3O2S. The highest BCUT2D eigenvalue weighted by Crippen LogP contribution is 2.11. The number of hydrogen-bond acceptors (Lipinski definition) is 4. The van der Waals surface area contributed by atoms with Crippen molar-refractivity contribution in [2.75, 3.05) is 13.1 Å². The Morgan fingerprint density at radius 2 is 2.16 bits per heavy atom. The van der Waals surface area contributed by atoms with Crippen LogP contribution in [0.1, 0.15) is 24.1 Å². The average molecular weight is 281 g/mol. The fraction of sp³-hybridized carbons (Fsp3) is 0.538. The van der Waals surface area contributed by atoms with Crippen molar-refractivity contribution in [2.45, 2.75) is 31.8 Å². The predicted octanol–water partition coefficient (Wildman–Crippen LogP) is 0.704. The summed E-state index contributed by atoms with van der Waals surface area (Å²) in [6.07, 6.45) is 2.26. The highest BCUT2D eigenvalue weighted by Gasteiger charge is 2.24. The molecule has 0 saturated carbocycles. The monoisotopic (exact) mass is 281 g/mol. The SMILES string of the molecule is NC(=O)C(CC(=O)N1CCCC1)NCc1cccs1. The van der Waals surface area contributed by atoms with Crippen LogP contribution in [0.2, 0.25) is 0 Å². The van der Waals surface area contributed by atoms with E-state index in [2.05, 4.69) is 5.32 Å². The number of likely N-dealkylation sites (tertiary alicyclic amines) is 1. The molecular weight excluding hydrogens is 262 g/mol. The Hall–Kier alpha value is -1.40. The minimum atomic E-state index is -0.588. The van der Waals surface area contributed by atoms with Crippen molar-refractivity contribution < 1.29 is 9.59 Å². The maximum atomic E-state index is 12.0. The molecule has 1 fully saturated rings. The molecule has 0 aromatic carbocycles. The first-order valence-electron chi connectivity index (χ1n) is 6.49. The lowest BCUT2D eigenvalue weighted by atomic mass is 10.1. The van der Waals surface area contributed by atoms with Gasteiger partial charge < -0.3 is 16.0 Å². The highest BCUT2D eigenvalue weighted by molar-refractivity contribution is 7.09. The van der Waals surface area contributed by atoms with Gasteiger partial charge in [-0.3, -0.25) is 9.59 Å². The van der Waals surface area contributed by atoms with E-state index in [1.165, 1.54) is 0 Å². The lowest BCUT2D eigenvalue weighted by Crippen LogP contribution is -2.44. The molecule has 1 aromatic rings. The van der Waals surface area contributed by atoms with E-state index in [9.17, 15) is 9.59 Å². The van der Waals surface area contributed by atoms with Gasteiger partial charge in [-0.1, -0.05) is 6.07 Å². The van der Waals surface area contributed by atoms with E-state index >= 15 is 0 Å². The number of hydrogen-bond donors (Lipinski definition) is 2. The maximum absolute atomic E-state index is 12.0. The molecule has 3 N–H and O–H groups in total. The lowest BCUT2D eigenvalue weighted by Gasteiger charge is -2.19. The van der Waals surface area contributed by atoms with E-state index < -0.39 is 11.9 Å². The molecule has 1 unspecified atom stereocenters. The summed E-state index contributed by atoms with van der Waals surface area (Å²) in [5, 5.41) is 5.04. The van der Waals surface area contributed by atoms with Gasteiger partial charge in [0.15, 0.2) is 0 Å². The number of nitrogens with two attached hydrogens (primary N) is 1. The molecule has 19 heavy (non-hydrogen) atoms. The summed E-state index contributed by atoms with van der Waals surface area (Å²) in [6.45, 7) is 2.17. The van der Waals surface area contributed by atoms with E-state index in [1.807, 2.05) is 22.4 Å². The summed E-state index contributed by atoms with van der Waals surface area (Å²) in [6, 6.07) is 3.35. The number of rotatable bonds is 6. The van der Waals surface area contributed by atoms with Crippen molar-refractivity contribution in [3.05, 3.63) is 22.4 Å². The van der Waals surface area contributed by atoms with Crippen molar-refractivity contribution in [1.82, 2.24) is 10.2 Å². The van der Waals surface area contributed by atoms with Crippen LogP contribution < -0.4 is 11.1 Å². The van der Waals surface area contributed by atoms with Gasteiger partial charge >= 0.3 is 0 Å². The lowest BCUT2D eigenvalue weighted by molar-refractivity contribution is -0.133. The Labute approximate surface area is 116 Å². The fourth-order valence-electron chi connectivity index (χ4n) is 2.18. The van der Waals surface area contributed by atoms with Crippen molar-refractivity contribution in [1.29, 1.82) is 0 Å². The third kappa shape index (κ3) is 4.04. The predicted molar refractivity (Wildman–Crippen MR) is 74.6 cm³/mol. The molecule has 104 valence electrons. The van der Waals surface area contributed by atoms with Crippen molar-refractivity contribution in [2.24, 2.45) is 5.73 Å². The number of amides is 2. The van der Waals surface area contributed by atoms with E-state index in [1.54, 1.807) is 11.3 Å². The Kier molecular flexibility index (Phi) is 4.93. The fourth-order valence-corrected chi connectivity index (χ4v) is 2.84. The number of nitrogens with zero attached hydrogens (tertiary/aromatic N) is 1. The molecule has 1 saturated heterocycles. The molecule has 2 amide bonds. The van der Waals surface area contributed by atoms with Crippen molar-refractivity contribution in [3.8, 4) is 0 Å². The van der Waals surface area contributed by atoms with Crippen LogP contribution in [0.5, 0.6) is 0 Å². The van der Waals surface area contributed by atoms with Gasteiger partial charge in [-0.2, -0.15) is 0 Å². The van der Waals surface area contributed by atoms with E-state index in [0.717, 1.165) is 30.8 Å². The minimum absolute atomic E-state index is 0.0139.